The van der Waals surface area contributed by atoms with E-state index in [0.29, 0.717) is 10.6 Å². The summed E-state index contributed by atoms with van der Waals surface area (Å²) in [6.07, 6.45) is -0.979. The normalized spacial score (nSPS) is 15.5. The summed E-state index contributed by atoms with van der Waals surface area (Å²) >= 11 is 0. The Hall–Kier alpha value is -2.65. The first-order valence-corrected chi connectivity index (χ1v) is 8.15. The summed E-state index contributed by atoms with van der Waals surface area (Å²) in [6, 6.07) is 1.67. The molecule has 0 bridgehead atoms. The fourth-order valence-electron chi connectivity index (χ4n) is 3.16. The molecule has 3 rings (SSSR count). The molecule has 1 aliphatic rings. The molecule has 0 aliphatic heterocycles. The van der Waals surface area contributed by atoms with Crippen molar-refractivity contribution in [1.29, 1.82) is 0 Å². The van der Waals surface area contributed by atoms with Gasteiger partial charge in [0.05, 0.1) is 5.39 Å². The fraction of sp³-hybridized carbons (Fsp3) is 0.500. The summed E-state index contributed by atoms with van der Waals surface area (Å²) in [5.74, 6) is -0.477. The molecule has 1 saturated carbocycles. The highest BCUT2D eigenvalue weighted by molar-refractivity contribution is 5.77. The van der Waals surface area contributed by atoms with Gasteiger partial charge in [-0.25, -0.2) is 9.78 Å². The van der Waals surface area contributed by atoms with Crippen LogP contribution in [0.4, 0.5) is 13.2 Å². The van der Waals surface area contributed by atoms with E-state index in [2.05, 4.69) is 10.3 Å². The number of halogens is 3. The van der Waals surface area contributed by atoms with Crippen molar-refractivity contribution in [3.05, 3.63) is 38.7 Å². The van der Waals surface area contributed by atoms with Crippen LogP contribution in [-0.4, -0.2) is 26.1 Å². The highest BCUT2D eigenvalue weighted by Crippen LogP contribution is 2.28. The molecule has 10 heteroatoms. The maximum atomic E-state index is 12.8. The van der Waals surface area contributed by atoms with E-state index in [-0.39, 0.29) is 17.1 Å². The van der Waals surface area contributed by atoms with Gasteiger partial charge in [-0.3, -0.25) is 18.7 Å². The van der Waals surface area contributed by atoms with E-state index < -0.39 is 35.6 Å². The van der Waals surface area contributed by atoms with Gasteiger partial charge in [0.15, 0.2) is 0 Å². The molecule has 0 atom stereocenters. The molecule has 2 aromatic rings. The molecule has 0 unspecified atom stereocenters. The molecule has 2 aromatic heterocycles. The van der Waals surface area contributed by atoms with Crippen molar-refractivity contribution < 1.29 is 18.0 Å². The first kappa shape index (κ1) is 18.2. The summed E-state index contributed by atoms with van der Waals surface area (Å²) in [5, 5.41) is 2.61. The van der Waals surface area contributed by atoms with Crippen LogP contribution in [0.3, 0.4) is 0 Å². The number of aromatic nitrogens is 3. The number of carbonyl (C=O) groups is 1. The Bertz CT molecular complexity index is 972. The fourth-order valence-corrected chi connectivity index (χ4v) is 3.16. The zero-order valence-electron chi connectivity index (χ0n) is 14.0. The van der Waals surface area contributed by atoms with Gasteiger partial charge in [-0.2, -0.15) is 13.2 Å². The highest BCUT2D eigenvalue weighted by atomic mass is 19.4. The molecule has 0 radical (unpaired) electrons. The van der Waals surface area contributed by atoms with Crippen molar-refractivity contribution in [1.82, 2.24) is 19.4 Å². The number of amides is 1. The number of nitrogens with one attached hydrogen (secondary N) is 1. The Morgan fingerprint density at radius 2 is 1.92 bits per heavy atom. The lowest BCUT2D eigenvalue weighted by molar-refractivity contribution is -0.141. The Morgan fingerprint density at radius 3 is 2.54 bits per heavy atom. The van der Waals surface area contributed by atoms with E-state index in [9.17, 15) is 27.6 Å². The van der Waals surface area contributed by atoms with Crippen LogP contribution in [0.25, 0.3) is 11.0 Å². The molecular weight excluding hydrogens is 353 g/mol. The van der Waals surface area contributed by atoms with Gasteiger partial charge in [0.2, 0.25) is 5.91 Å². The lowest BCUT2D eigenvalue weighted by atomic mass is 10.2. The first-order chi connectivity index (χ1) is 12.2. The number of carbonyl (C=O) groups excluding carboxylic acids is 1. The lowest BCUT2D eigenvalue weighted by Gasteiger charge is -2.14. The molecule has 0 aromatic carbocycles. The molecule has 26 heavy (non-hydrogen) atoms. The average Bonchev–Trinajstić information content (AvgIpc) is 3.08. The summed E-state index contributed by atoms with van der Waals surface area (Å²) in [5.41, 5.74) is -3.31. The lowest BCUT2D eigenvalue weighted by Crippen LogP contribution is -2.45. The second-order valence-electron chi connectivity index (χ2n) is 6.35. The average molecular weight is 370 g/mol. The van der Waals surface area contributed by atoms with E-state index in [1.54, 1.807) is 0 Å². The zero-order chi connectivity index (χ0) is 19.1. The Kier molecular flexibility index (Phi) is 4.59. The van der Waals surface area contributed by atoms with Gasteiger partial charge in [-0.15, -0.1) is 0 Å². The van der Waals surface area contributed by atoms with Crippen molar-refractivity contribution in [2.75, 3.05) is 0 Å². The number of aryl methyl sites for hydroxylation is 1. The number of rotatable bonds is 3. The quantitative estimate of drug-likeness (QED) is 0.879. The monoisotopic (exact) mass is 370 g/mol. The van der Waals surface area contributed by atoms with Gasteiger partial charge in [0, 0.05) is 13.1 Å². The standard InChI is InChI=1S/C16H17F3N4O3/c1-22-13-10(6-7-11(21-13)16(17,18)19)14(25)23(15(22)26)8-12(24)20-9-4-2-3-5-9/h6-7,9H,2-5,8H2,1H3,(H,20,24). The van der Waals surface area contributed by atoms with Crippen LogP contribution in [0, 0.1) is 0 Å². The minimum Gasteiger partial charge on any atom is -0.352 e. The maximum Gasteiger partial charge on any atom is 0.433 e. The minimum atomic E-state index is -4.69. The summed E-state index contributed by atoms with van der Waals surface area (Å²) in [4.78, 5) is 40.4. The number of pyridine rings is 1. The highest BCUT2D eigenvalue weighted by Gasteiger charge is 2.33. The SMILES string of the molecule is Cn1c(=O)n(CC(=O)NC2CCCC2)c(=O)c2ccc(C(F)(F)F)nc21. The number of nitrogens with zero attached hydrogens (tertiary/aromatic N) is 3. The Balaban J connectivity index is 2.00. The van der Waals surface area contributed by atoms with E-state index >= 15 is 0 Å². The van der Waals surface area contributed by atoms with Crippen LogP contribution in [0.1, 0.15) is 31.4 Å². The number of hydrogen-bond donors (Lipinski definition) is 1. The molecule has 1 fully saturated rings. The summed E-state index contributed by atoms with van der Waals surface area (Å²) in [6.45, 7) is -0.487. The third-order valence-electron chi connectivity index (χ3n) is 4.50. The van der Waals surface area contributed by atoms with Gasteiger partial charge in [0.1, 0.15) is 17.9 Å². The van der Waals surface area contributed by atoms with Crippen molar-refractivity contribution in [3.8, 4) is 0 Å². The molecule has 140 valence electrons. The third kappa shape index (κ3) is 3.35. The van der Waals surface area contributed by atoms with E-state index in [1.807, 2.05) is 0 Å². The predicted molar refractivity (Wildman–Crippen MR) is 86.6 cm³/mol. The molecule has 1 aliphatic carbocycles. The molecule has 2 heterocycles. The van der Waals surface area contributed by atoms with Crippen LogP contribution >= 0.6 is 0 Å². The molecule has 0 saturated heterocycles. The zero-order valence-corrected chi connectivity index (χ0v) is 14.0. The predicted octanol–water partition coefficient (Wildman–Crippen LogP) is 1.17. The smallest absolute Gasteiger partial charge is 0.352 e. The molecule has 0 spiro atoms. The molecule has 7 nitrogen and oxygen atoms in total. The number of hydrogen-bond acceptors (Lipinski definition) is 4. The molecular formula is C16H17F3N4O3. The number of fused-ring (bicyclic) bond motifs is 1. The van der Waals surface area contributed by atoms with E-state index in [0.717, 1.165) is 36.3 Å². The van der Waals surface area contributed by atoms with Crippen molar-refractivity contribution in [3.63, 3.8) is 0 Å². The van der Waals surface area contributed by atoms with E-state index in [4.69, 9.17) is 0 Å². The summed E-state index contributed by atoms with van der Waals surface area (Å²) < 4.78 is 40.0. The van der Waals surface area contributed by atoms with E-state index in [1.165, 1.54) is 7.05 Å². The van der Waals surface area contributed by atoms with Crippen molar-refractivity contribution in [2.45, 2.75) is 44.4 Å². The van der Waals surface area contributed by atoms with Gasteiger partial charge in [-0.1, -0.05) is 12.8 Å². The molecule has 1 amide bonds. The largest absolute Gasteiger partial charge is 0.433 e. The van der Waals surface area contributed by atoms with Crippen molar-refractivity contribution in [2.24, 2.45) is 7.05 Å². The van der Waals surface area contributed by atoms with Crippen LogP contribution < -0.4 is 16.6 Å². The van der Waals surface area contributed by atoms with Crippen LogP contribution in [0.5, 0.6) is 0 Å². The first-order valence-electron chi connectivity index (χ1n) is 8.15. The Morgan fingerprint density at radius 1 is 1.27 bits per heavy atom. The van der Waals surface area contributed by atoms with Gasteiger partial charge in [0.25, 0.3) is 5.56 Å². The molecule has 1 N–H and O–H groups in total. The summed E-state index contributed by atoms with van der Waals surface area (Å²) in [7, 11) is 1.21. The topological polar surface area (TPSA) is 86.0 Å². The second kappa shape index (κ2) is 6.58. The van der Waals surface area contributed by atoms with Crippen LogP contribution in [0.2, 0.25) is 0 Å². The van der Waals surface area contributed by atoms with Gasteiger partial charge < -0.3 is 5.32 Å². The third-order valence-corrected chi connectivity index (χ3v) is 4.50. The van der Waals surface area contributed by atoms with Crippen LogP contribution in [0.15, 0.2) is 21.7 Å². The van der Waals surface area contributed by atoms with Gasteiger partial charge >= 0.3 is 11.9 Å². The maximum absolute atomic E-state index is 12.8. The van der Waals surface area contributed by atoms with Gasteiger partial charge in [-0.05, 0) is 25.0 Å². The van der Waals surface area contributed by atoms with Crippen LogP contribution in [-0.2, 0) is 24.6 Å². The van der Waals surface area contributed by atoms with Crippen molar-refractivity contribution >= 4 is 16.9 Å². The Labute approximate surface area is 145 Å². The minimum absolute atomic E-state index is 0.0264. The number of alkyl halides is 3. The second-order valence-corrected chi connectivity index (χ2v) is 6.35.